The van der Waals surface area contributed by atoms with Gasteiger partial charge in [0.25, 0.3) is 5.91 Å². The van der Waals surface area contributed by atoms with Gasteiger partial charge in [-0.25, -0.2) is 9.78 Å². The highest BCUT2D eigenvalue weighted by Gasteiger charge is 2.22. The number of anilines is 1. The molecule has 1 heterocycles. The fourth-order valence-electron chi connectivity index (χ4n) is 1.70. The summed E-state index contributed by atoms with van der Waals surface area (Å²) in [6, 6.07) is 4.93. The Hall–Kier alpha value is -1.70. The van der Waals surface area contributed by atoms with Crippen LogP contribution in [0.3, 0.4) is 0 Å². The molecule has 0 unspecified atom stereocenters. The van der Waals surface area contributed by atoms with Crippen LogP contribution in [0, 0.1) is 0 Å². The van der Waals surface area contributed by atoms with Crippen LogP contribution in [-0.2, 0) is 4.74 Å². The fourth-order valence-corrected chi connectivity index (χ4v) is 1.90. The first kappa shape index (κ1) is 16.7. The first-order chi connectivity index (χ1) is 10.3. The van der Waals surface area contributed by atoms with Gasteiger partial charge in [-0.1, -0.05) is 40.9 Å². The van der Waals surface area contributed by atoms with Gasteiger partial charge in [0.1, 0.15) is 5.52 Å². The predicted octanol–water partition coefficient (Wildman–Crippen LogP) is 2.84. The number of alkyl halides is 3. The number of para-hydroxylation sites is 1. The Morgan fingerprint density at radius 1 is 1.36 bits per heavy atom. The molecule has 3 N–H and O–H groups in total. The number of hydrogen-bond acceptors (Lipinski definition) is 4. The van der Waals surface area contributed by atoms with Crippen LogP contribution in [0.2, 0.25) is 0 Å². The minimum Gasteiger partial charge on any atom is -0.453 e. The van der Waals surface area contributed by atoms with Crippen molar-refractivity contribution in [3.8, 4) is 0 Å². The lowest BCUT2D eigenvalue weighted by molar-refractivity contribution is 0.0956. The fraction of sp³-hybridized carbons (Fsp3) is 0.250. The Morgan fingerprint density at radius 3 is 2.73 bits per heavy atom. The summed E-state index contributed by atoms with van der Waals surface area (Å²) >= 11 is 16.8. The number of halogens is 3. The molecule has 22 heavy (non-hydrogen) atoms. The molecular weight excluding hydrogens is 355 g/mol. The summed E-state index contributed by atoms with van der Waals surface area (Å²) in [6.07, 6.45) is -0.679. The number of imidazole rings is 1. The van der Waals surface area contributed by atoms with E-state index in [2.05, 4.69) is 25.3 Å². The Labute approximate surface area is 140 Å². The van der Waals surface area contributed by atoms with E-state index in [1.54, 1.807) is 18.2 Å². The number of fused-ring (bicyclic) bond motifs is 1. The van der Waals surface area contributed by atoms with E-state index in [0.29, 0.717) is 11.0 Å². The number of amides is 2. The largest absolute Gasteiger partial charge is 0.453 e. The van der Waals surface area contributed by atoms with E-state index in [-0.39, 0.29) is 18.1 Å². The van der Waals surface area contributed by atoms with Gasteiger partial charge in [-0.15, -0.1) is 0 Å². The van der Waals surface area contributed by atoms with Gasteiger partial charge in [-0.2, -0.15) is 0 Å². The third kappa shape index (κ3) is 4.16. The molecule has 2 aromatic rings. The van der Waals surface area contributed by atoms with Crippen molar-refractivity contribution in [2.75, 3.05) is 19.0 Å². The van der Waals surface area contributed by atoms with Gasteiger partial charge in [0, 0.05) is 0 Å². The number of aromatic nitrogens is 2. The standard InChI is InChI=1S/C12H11Cl3N4O3/c1-22-11(21)19-10-17-7-4-2-3-6(8(7)18-10)9(20)16-5-12(13,14)15/h2-4H,5H2,1H3,(H,16,20)(H2,17,18,19,21). The molecule has 2 amide bonds. The average molecular weight is 366 g/mol. The smallest absolute Gasteiger partial charge is 0.413 e. The number of methoxy groups -OCH3 is 1. The number of nitrogens with one attached hydrogen (secondary N) is 3. The third-order valence-corrected chi connectivity index (χ3v) is 3.01. The summed E-state index contributed by atoms with van der Waals surface area (Å²) in [6.45, 7) is -0.148. The summed E-state index contributed by atoms with van der Waals surface area (Å²) in [5.74, 6) is -0.295. The van der Waals surface area contributed by atoms with E-state index in [9.17, 15) is 9.59 Å². The number of ether oxygens (including phenoxy) is 1. The highest BCUT2D eigenvalue weighted by molar-refractivity contribution is 6.67. The van der Waals surface area contributed by atoms with Crippen LogP contribution in [0.25, 0.3) is 11.0 Å². The lowest BCUT2D eigenvalue weighted by atomic mass is 10.1. The summed E-state index contributed by atoms with van der Waals surface area (Å²) in [5, 5.41) is 4.87. The van der Waals surface area contributed by atoms with Crippen molar-refractivity contribution in [2.24, 2.45) is 0 Å². The normalized spacial score (nSPS) is 11.3. The molecule has 0 saturated heterocycles. The summed E-state index contributed by atoms with van der Waals surface area (Å²) in [5.41, 5.74) is 1.21. The monoisotopic (exact) mass is 364 g/mol. The number of nitrogens with zero attached hydrogens (tertiary/aromatic N) is 1. The van der Waals surface area contributed by atoms with Gasteiger partial charge >= 0.3 is 6.09 Å². The summed E-state index contributed by atoms with van der Waals surface area (Å²) < 4.78 is 2.88. The maximum absolute atomic E-state index is 12.1. The van der Waals surface area contributed by atoms with Crippen molar-refractivity contribution in [3.05, 3.63) is 23.8 Å². The van der Waals surface area contributed by atoms with Gasteiger partial charge in [-0.3, -0.25) is 10.1 Å². The number of benzene rings is 1. The first-order valence-corrected chi connectivity index (χ1v) is 7.12. The van der Waals surface area contributed by atoms with Crippen molar-refractivity contribution in [1.82, 2.24) is 15.3 Å². The van der Waals surface area contributed by atoms with Crippen LogP contribution >= 0.6 is 34.8 Å². The zero-order valence-corrected chi connectivity index (χ0v) is 13.5. The predicted molar refractivity (Wildman–Crippen MR) is 84.7 cm³/mol. The molecule has 0 atom stereocenters. The number of carbonyl (C=O) groups is 2. The Kier molecular flexibility index (Phi) is 5.00. The van der Waals surface area contributed by atoms with Crippen molar-refractivity contribution >= 4 is 63.8 Å². The van der Waals surface area contributed by atoms with Gasteiger partial charge in [0.2, 0.25) is 9.74 Å². The zero-order chi connectivity index (χ0) is 16.3. The summed E-state index contributed by atoms with van der Waals surface area (Å²) in [7, 11) is 1.23. The first-order valence-electron chi connectivity index (χ1n) is 5.99. The molecule has 0 bridgehead atoms. The second-order valence-corrected chi connectivity index (χ2v) is 6.72. The van der Waals surface area contributed by atoms with Crippen molar-refractivity contribution in [3.63, 3.8) is 0 Å². The van der Waals surface area contributed by atoms with E-state index in [4.69, 9.17) is 34.8 Å². The Morgan fingerprint density at radius 2 is 2.09 bits per heavy atom. The van der Waals surface area contributed by atoms with E-state index in [1.807, 2.05) is 0 Å². The molecular formula is C12H11Cl3N4O3. The van der Waals surface area contributed by atoms with Crippen LogP contribution in [0.15, 0.2) is 18.2 Å². The number of aromatic amines is 1. The van der Waals surface area contributed by atoms with Crippen LogP contribution in [0.1, 0.15) is 10.4 Å². The molecule has 10 heteroatoms. The highest BCUT2D eigenvalue weighted by atomic mass is 35.6. The number of hydrogen-bond donors (Lipinski definition) is 3. The average Bonchev–Trinajstić information content (AvgIpc) is 2.85. The second kappa shape index (κ2) is 6.60. The molecule has 0 aliphatic carbocycles. The van der Waals surface area contributed by atoms with Crippen molar-refractivity contribution in [2.45, 2.75) is 3.79 Å². The van der Waals surface area contributed by atoms with Gasteiger partial charge in [0.05, 0.1) is 24.7 Å². The Bertz CT molecular complexity index is 711. The molecule has 1 aromatic carbocycles. The van der Waals surface area contributed by atoms with Crippen LogP contribution in [0.5, 0.6) is 0 Å². The van der Waals surface area contributed by atoms with E-state index in [0.717, 1.165) is 0 Å². The lowest BCUT2D eigenvalue weighted by Crippen LogP contribution is -2.32. The highest BCUT2D eigenvalue weighted by Crippen LogP contribution is 2.25. The maximum atomic E-state index is 12.1. The van der Waals surface area contributed by atoms with E-state index >= 15 is 0 Å². The van der Waals surface area contributed by atoms with Crippen molar-refractivity contribution < 1.29 is 14.3 Å². The minimum atomic E-state index is -1.59. The molecule has 7 nitrogen and oxygen atoms in total. The van der Waals surface area contributed by atoms with E-state index in [1.165, 1.54) is 7.11 Å². The molecule has 2 rings (SSSR count). The molecule has 1 aromatic heterocycles. The topological polar surface area (TPSA) is 96.1 Å². The molecule has 118 valence electrons. The van der Waals surface area contributed by atoms with E-state index < -0.39 is 15.8 Å². The third-order valence-electron chi connectivity index (χ3n) is 2.61. The zero-order valence-electron chi connectivity index (χ0n) is 11.2. The quantitative estimate of drug-likeness (QED) is 0.729. The number of carbonyl (C=O) groups excluding carboxylic acids is 2. The second-order valence-electron chi connectivity index (χ2n) is 4.20. The van der Waals surface area contributed by atoms with Crippen LogP contribution in [-0.4, -0.2) is 39.4 Å². The lowest BCUT2D eigenvalue weighted by Gasteiger charge is -2.11. The van der Waals surface area contributed by atoms with Crippen LogP contribution < -0.4 is 10.6 Å². The number of rotatable bonds is 3. The van der Waals surface area contributed by atoms with Crippen molar-refractivity contribution in [1.29, 1.82) is 0 Å². The minimum absolute atomic E-state index is 0.148. The molecule has 0 aliphatic rings. The summed E-state index contributed by atoms with van der Waals surface area (Å²) in [4.78, 5) is 30.3. The molecule has 0 radical (unpaired) electrons. The van der Waals surface area contributed by atoms with Gasteiger partial charge < -0.3 is 15.0 Å². The molecule has 0 aliphatic heterocycles. The van der Waals surface area contributed by atoms with Crippen LogP contribution in [0.4, 0.5) is 10.7 Å². The molecule has 0 fully saturated rings. The van der Waals surface area contributed by atoms with Gasteiger partial charge in [0.15, 0.2) is 0 Å². The number of H-pyrrole nitrogens is 1. The SMILES string of the molecule is COC(=O)Nc1nc2c(C(=O)NCC(Cl)(Cl)Cl)cccc2[nH]1. The Balaban J connectivity index is 2.26. The van der Waals surface area contributed by atoms with Gasteiger partial charge in [-0.05, 0) is 12.1 Å². The maximum Gasteiger partial charge on any atom is 0.413 e. The molecule has 0 saturated carbocycles. The molecule has 0 spiro atoms.